The van der Waals surface area contributed by atoms with Crippen LogP contribution in [0.5, 0.6) is 11.5 Å². The zero-order valence-electron chi connectivity index (χ0n) is 27.4. The van der Waals surface area contributed by atoms with Gasteiger partial charge in [-0.25, -0.2) is 19.6 Å². The van der Waals surface area contributed by atoms with Gasteiger partial charge in [0.15, 0.2) is 0 Å². The van der Waals surface area contributed by atoms with Gasteiger partial charge in [0, 0.05) is 36.7 Å². The van der Waals surface area contributed by atoms with Gasteiger partial charge in [0.1, 0.15) is 45.5 Å². The molecule has 5 rings (SSSR count). The van der Waals surface area contributed by atoms with Crippen molar-refractivity contribution in [1.82, 2.24) is 20.2 Å². The van der Waals surface area contributed by atoms with E-state index in [0.29, 0.717) is 29.1 Å². The summed E-state index contributed by atoms with van der Waals surface area (Å²) in [4.78, 5) is 51.2. The Bertz CT molecular complexity index is 1650. The van der Waals surface area contributed by atoms with Crippen LogP contribution in [0.2, 0.25) is 0 Å². The maximum Gasteiger partial charge on any atom is 0.411 e. The first-order valence-corrected chi connectivity index (χ1v) is 16.4. The summed E-state index contributed by atoms with van der Waals surface area (Å²) in [5, 5.41) is 6.41. The number of nitrogens with one attached hydrogen (secondary N) is 1. The average molecular weight is 653 g/mol. The van der Waals surface area contributed by atoms with E-state index in [-0.39, 0.29) is 32.8 Å². The lowest BCUT2D eigenvalue weighted by Crippen LogP contribution is -2.53. The number of thiazole rings is 1. The zero-order chi connectivity index (χ0) is 33.4. The van der Waals surface area contributed by atoms with Crippen molar-refractivity contribution in [3.8, 4) is 22.2 Å². The standard InChI is InChI=1S/C34H42N4O7S.H2/c1-9-20-16-34(20,31(40)43-10-2)37-29(39)27-14-22(17-38(27)32(41)45-33(5,6)7)44-28-15-25(30-36-26(18-46-30)19(3)4)35-24-13-21(42-8)11-12-23(24)28;/h9,11-13,15,18-20,22,27H,1,10,14,16-17H2,2-8H3,(H,37,39);1H/t20-,22-,27+,34-;/m1./s1. The van der Waals surface area contributed by atoms with Crippen LogP contribution in [0, 0.1) is 5.92 Å². The molecule has 0 radical (unpaired) electrons. The first-order valence-electron chi connectivity index (χ1n) is 15.5. The van der Waals surface area contributed by atoms with Crippen LogP contribution in [0.25, 0.3) is 21.6 Å². The van der Waals surface area contributed by atoms with Crippen LogP contribution in [-0.2, 0) is 19.1 Å². The fourth-order valence-electron chi connectivity index (χ4n) is 5.58. The number of likely N-dealkylation sites (tertiary alicyclic amines) is 1. The molecule has 0 unspecified atom stereocenters. The minimum Gasteiger partial charge on any atom is -0.497 e. The molecule has 2 amide bonds. The average Bonchev–Trinajstić information content (AvgIpc) is 3.31. The summed E-state index contributed by atoms with van der Waals surface area (Å²) in [7, 11) is 1.60. The van der Waals surface area contributed by atoms with Crippen molar-refractivity contribution >= 4 is 40.2 Å². The Balaban J connectivity index is 0.00000500. The molecular formula is C34H44N4O7S. The van der Waals surface area contributed by atoms with Gasteiger partial charge in [0.05, 0.1) is 31.5 Å². The molecule has 11 nitrogen and oxygen atoms in total. The van der Waals surface area contributed by atoms with Crippen LogP contribution in [0.3, 0.4) is 0 Å². The molecule has 3 heterocycles. The Morgan fingerprint density at radius 2 is 2.00 bits per heavy atom. The molecule has 2 aromatic heterocycles. The van der Waals surface area contributed by atoms with E-state index >= 15 is 0 Å². The number of fused-ring (bicyclic) bond motifs is 1. The number of nitrogens with zero attached hydrogens (tertiary/aromatic N) is 3. The van der Waals surface area contributed by atoms with Crippen molar-refractivity contribution in [2.75, 3.05) is 20.3 Å². The number of rotatable bonds is 10. The second-order valence-electron chi connectivity index (χ2n) is 13.0. The molecule has 1 aliphatic heterocycles. The second kappa shape index (κ2) is 12.9. The van der Waals surface area contributed by atoms with Crippen molar-refractivity contribution in [3.05, 3.63) is 48.0 Å². The molecular weight excluding hydrogens is 608 g/mol. The minimum atomic E-state index is -1.20. The molecule has 46 heavy (non-hydrogen) atoms. The number of carbonyl (C=O) groups excluding carboxylic acids is 3. The smallest absolute Gasteiger partial charge is 0.411 e. The monoisotopic (exact) mass is 652 g/mol. The van der Waals surface area contributed by atoms with Gasteiger partial charge >= 0.3 is 12.1 Å². The minimum absolute atomic E-state index is 0. The largest absolute Gasteiger partial charge is 0.497 e. The highest BCUT2D eigenvalue weighted by Gasteiger charge is 2.62. The number of pyridine rings is 1. The molecule has 2 aliphatic rings. The van der Waals surface area contributed by atoms with E-state index < -0.39 is 41.3 Å². The summed E-state index contributed by atoms with van der Waals surface area (Å²) in [6.07, 6.45) is 0.975. The van der Waals surface area contributed by atoms with Crippen molar-refractivity contribution in [3.63, 3.8) is 0 Å². The van der Waals surface area contributed by atoms with Gasteiger partial charge in [-0.15, -0.1) is 17.9 Å². The Labute approximate surface area is 274 Å². The lowest BCUT2D eigenvalue weighted by Gasteiger charge is -2.28. The van der Waals surface area contributed by atoms with Gasteiger partial charge in [0.25, 0.3) is 0 Å². The van der Waals surface area contributed by atoms with Gasteiger partial charge < -0.3 is 24.3 Å². The Hall–Kier alpha value is -4.19. The normalized spacial score (nSPS) is 22.4. The number of esters is 1. The van der Waals surface area contributed by atoms with Gasteiger partial charge in [-0.2, -0.15) is 0 Å². The first-order chi connectivity index (χ1) is 21.8. The molecule has 0 spiro atoms. The quantitative estimate of drug-likeness (QED) is 0.204. The summed E-state index contributed by atoms with van der Waals surface area (Å²) in [5.74, 6) is 0.185. The van der Waals surface area contributed by atoms with Crippen molar-refractivity contribution < 1.29 is 34.8 Å². The molecule has 1 saturated heterocycles. The van der Waals surface area contributed by atoms with E-state index in [9.17, 15) is 14.4 Å². The molecule has 1 saturated carbocycles. The Morgan fingerprint density at radius 1 is 1.24 bits per heavy atom. The molecule has 248 valence electrons. The molecule has 2 fully saturated rings. The summed E-state index contributed by atoms with van der Waals surface area (Å²) < 4.78 is 23.0. The van der Waals surface area contributed by atoms with Crippen LogP contribution in [0.1, 0.15) is 67.4 Å². The fourth-order valence-corrected chi connectivity index (χ4v) is 6.52. The number of amides is 2. The lowest BCUT2D eigenvalue weighted by molar-refractivity contribution is -0.149. The summed E-state index contributed by atoms with van der Waals surface area (Å²) in [6.45, 7) is 15.3. The summed E-state index contributed by atoms with van der Waals surface area (Å²) in [6, 6.07) is 6.43. The van der Waals surface area contributed by atoms with E-state index in [2.05, 4.69) is 25.7 Å². The van der Waals surface area contributed by atoms with Crippen LogP contribution in [0.4, 0.5) is 4.79 Å². The number of ether oxygens (including phenoxy) is 4. The zero-order valence-corrected chi connectivity index (χ0v) is 28.2. The number of hydrogen-bond donors (Lipinski definition) is 1. The number of carbonyl (C=O) groups is 3. The van der Waals surface area contributed by atoms with E-state index in [4.69, 9.17) is 28.9 Å². The highest BCUT2D eigenvalue weighted by atomic mass is 32.1. The van der Waals surface area contributed by atoms with E-state index in [0.717, 1.165) is 16.1 Å². The molecule has 1 aromatic carbocycles. The topological polar surface area (TPSA) is 129 Å². The van der Waals surface area contributed by atoms with Crippen LogP contribution in [0.15, 0.2) is 42.3 Å². The predicted octanol–water partition coefficient (Wildman–Crippen LogP) is 6.12. The molecule has 1 N–H and O–H groups in total. The number of hydrogen-bond acceptors (Lipinski definition) is 10. The summed E-state index contributed by atoms with van der Waals surface area (Å²) >= 11 is 1.51. The highest BCUT2D eigenvalue weighted by molar-refractivity contribution is 7.13. The fraction of sp³-hybridized carbons (Fsp3) is 0.500. The van der Waals surface area contributed by atoms with Gasteiger partial charge in [-0.3, -0.25) is 9.69 Å². The Kier molecular flexibility index (Phi) is 9.30. The van der Waals surface area contributed by atoms with Crippen molar-refractivity contribution in [2.24, 2.45) is 5.92 Å². The molecule has 0 bridgehead atoms. The number of methoxy groups -OCH3 is 1. The van der Waals surface area contributed by atoms with Crippen LogP contribution in [-0.4, -0.2) is 76.4 Å². The lowest BCUT2D eigenvalue weighted by atomic mass is 10.1. The molecule has 3 aromatic rings. The SMILES string of the molecule is C=C[C@@H]1C[C@]1(NC(=O)[C@@H]1C[C@@H](Oc2cc(-c3nc(C(C)C)cs3)nc3cc(OC)ccc23)CN1C(=O)OC(C)(C)C)C(=O)OCC.[HH]. The number of aromatic nitrogens is 2. The third-order valence-electron chi connectivity index (χ3n) is 8.08. The van der Waals surface area contributed by atoms with Crippen molar-refractivity contribution in [2.45, 2.75) is 83.6 Å². The maximum atomic E-state index is 13.8. The van der Waals surface area contributed by atoms with E-state index in [1.54, 1.807) is 40.9 Å². The van der Waals surface area contributed by atoms with Gasteiger partial charge in [0.2, 0.25) is 5.91 Å². The molecule has 4 atom stereocenters. The highest BCUT2D eigenvalue weighted by Crippen LogP contribution is 2.46. The van der Waals surface area contributed by atoms with Crippen LogP contribution < -0.4 is 14.8 Å². The van der Waals surface area contributed by atoms with Gasteiger partial charge in [-0.05, 0) is 52.2 Å². The van der Waals surface area contributed by atoms with Crippen LogP contribution >= 0.6 is 11.3 Å². The molecule has 1 aliphatic carbocycles. The third-order valence-corrected chi connectivity index (χ3v) is 8.97. The first kappa shape index (κ1) is 33.2. The summed E-state index contributed by atoms with van der Waals surface area (Å²) in [5.41, 5.74) is 0.286. The predicted molar refractivity (Wildman–Crippen MR) is 177 cm³/mol. The van der Waals surface area contributed by atoms with E-state index in [1.807, 2.05) is 29.6 Å². The Morgan fingerprint density at radius 3 is 2.61 bits per heavy atom. The maximum absolute atomic E-state index is 13.8. The molecule has 12 heteroatoms. The second-order valence-corrected chi connectivity index (χ2v) is 13.8. The third kappa shape index (κ3) is 6.81. The number of benzene rings is 1. The van der Waals surface area contributed by atoms with Gasteiger partial charge in [-0.1, -0.05) is 19.9 Å². The van der Waals surface area contributed by atoms with Crippen molar-refractivity contribution in [1.29, 1.82) is 0 Å². The van der Waals surface area contributed by atoms with E-state index in [1.165, 1.54) is 16.2 Å².